The van der Waals surface area contributed by atoms with Crippen LogP contribution in [0.1, 0.15) is 36.2 Å². The van der Waals surface area contributed by atoms with Crippen LogP contribution >= 0.6 is 0 Å². The van der Waals surface area contributed by atoms with Crippen LogP contribution in [0.25, 0.3) is 0 Å². The number of carboxylic acid groups (broad SMARTS) is 1. The molecule has 2 atom stereocenters. The van der Waals surface area contributed by atoms with Crippen molar-refractivity contribution in [2.24, 2.45) is 17.6 Å². The van der Waals surface area contributed by atoms with Gasteiger partial charge in [0.1, 0.15) is 0 Å². The molecule has 1 aromatic heterocycles. The molecule has 0 radical (unpaired) electrons. The molecular weight excluding hydrogens is 272 g/mol. The monoisotopic (exact) mass is 294 g/mol. The van der Waals surface area contributed by atoms with Crippen LogP contribution in [0.15, 0.2) is 12.5 Å². The Labute approximate surface area is 123 Å². The number of rotatable bonds is 6. The van der Waals surface area contributed by atoms with Gasteiger partial charge in [-0.1, -0.05) is 12.8 Å². The Morgan fingerprint density at radius 1 is 1.43 bits per heavy atom. The summed E-state index contributed by atoms with van der Waals surface area (Å²) in [7, 11) is 0. The fourth-order valence-electron chi connectivity index (χ4n) is 2.87. The van der Waals surface area contributed by atoms with Crippen LogP contribution in [0.4, 0.5) is 0 Å². The summed E-state index contributed by atoms with van der Waals surface area (Å²) < 4.78 is 1.66. The van der Waals surface area contributed by atoms with Crippen molar-refractivity contribution in [1.82, 2.24) is 14.9 Å². The highest BCUT2D eigenvalue weighted by Crippen LogP contribution is 2.29. The highest BCUT2D eigenvalue weighted by Gasteiger charge is 2.29. The molecule has 21 heavy (non-hydrogen) atoms. The van der Waals surface area contributed by atoms with E-state index in [4.69, 9.17) is 10.8 Å². The maximum atomic E-state index is 12.2. The van der Waals surface area contributed by atoms with Crippen molar-refractivity contribution < 1.29 is 14.7 Å². The molecule has 0 saturated heterocycles. The van der Waals surface area contributed by atoms with E-state index in [2.05, 4.69) is 10.3 Å². The van der Waals surface area contributed by atoms with Gasteiger partial charge in [0.25, 0.3) is 0 Å². The normalized spacial score (nSPS) is 22.0. The van der Waals surface area contributed by atoms with Crippen LogP contribution < -0.4 is 11.1 Å². The standard InChI is InChI=1S/C14H22N4O3/c15-7-10-3-1-2-4-11(10)13(19)16-5-6-18-8-12(14(20)21)17-9-18/h8-11H,1-7,15H2,(H,16,19)(H,20,21). The smallest absolute Gasteiger partial charge is 0.356 e. The lowest BCUT2D eigenvalue weighted by atomic mass is 9.79. The van der Waals surface area contributed by atoms with Crippen molar-refractivity contribution in [2.45, 2.75) is 32.2 Å². The minimum Gasteiger partial charge on any atom is -0.476 e. The van der Waals surface area contributed by atoms with Crippen LogP contribution in [0.2, 0.25) is 0 Å². The van der Waals surface area contributed by atoms with Crippen molar-refractivity contribution in [2.75, 3.05) is 13.1 Å². The largest absolute Gasteiger partial charge is 0.476 e. The fraction of sp³-hybridized carbons (Fsp3) is 0.643. The minimum absolute atomic E-state index is 0.0109. The van der Waals surface area contributed by atoms with Crippen LogP contribution in [-0.2, 0) is 11.3 Å². The molecular formula is C14H22N4O3. The van der Waals surface area contributed by atoms with E-state index in [0.717, 1.165) is 25.7 Å². The van der Waals surface area contributed by atoms with Crippen LogP contribution in [0.3, 0.4) is 0 Å². The van der Waals surface area contributed by atoms with Gasteiger partial charge >= 0.3 is 5.97 Å². The second-order valence-electron chi connectivity index (χ2n) is 5.48. The van der Waals surface area contributed by atoms with Gasteiger partial charge in [0.2, 0.25) is 5.91 Å². The molecule has 1 aromatic rings. The average molecular weight is 294 g/mol. The lowest BCUT2D eigenvalue weighted by Gasteiger charge is -2.29. The molecule has 0 aromatic carbocycles. The number of hydrogen-bond donors (Lipinski definition) is 3. The van der Waals surface area contributed by atoms with Gasteiger partial charge in [0, 0.05) is 25.2 Å². The lowest BCUT2D eigenvalue weighted by molar-refractivity contribution is -0.127. The minimum atomic E-state index is -1.05. The first kappa shape index (κ1) is 15.5. The Bertz CT molecular complexity index is 500. The van der Waals surface area contributed by atoms with Crippen molar-refractivity contribution in [3.63, 3.8) is 0 Å². The van der Waals surface area contributed by atoms with Gasteiger partial charge in [-0.05, 0) is 25.3 Å². The predicted molar refractivity (Wildman–Crippen MR) is 76.7 cm³/mol. The quantitative estimate of drug-likeness (QED) is 0.706. The number of hydrogen-bond acceptors (Lipinski definition) is 4. The average Bonchev–Trinajstić information content (AvgIpc) is 2.96. The molecule has 7 heteroatoms. The lowest BCUT2D eigenvalue weighted by Crippen LogP contribution is -2.40. The van der Waals surface area contributed by atoms with Gasteiger partial charge < -0.3 is 20.7 Å². The number of amides is 1. The summed E-state index contributed by atoms with van der Waals surface area (Å²) in [5, 5.41) is 11.7. The third-order valence-electron chi connectivity index (χ3n) is 4.07. The summed E-state index contributed by atoms with van der Waals surface area (Å²) in [6, 6.07) is 0. The second kappa shape index (κ2) is 7.21. The first-order valence-corrected chi connectivity index (χ1v) is 7.34. The van der Waals surface area contributed by atoms with E-state index >= 15 is 0 Å². The molecule has 1 aliphatic rings. The van der Waals surface area contributed by atoms with Gasteiger partial charge in [-0.2, -0.15) is 0 Å². The summed E-state index contributed by atoms with van der Waals surface area (Å²) in [6.45, 7) is 1.52. The molecule has 4 N–H and O–H groups in total. The van der Waals surface area contributed by atoms with E-state index in [-0.39, 0.29) is 23.4 Å². The van der Waals surface area contributed by atoms with Gasteiger partial charge in [-0.15, -0.1) is 0 Å². The first-order chi connectivity index (χ1) is 10.1. The molecule has 1 heterocycles. The Morgan fingerprint density at radius 3 is 2.86 bits per heavy atom. The summed E-state index contributed by atoms with van der Waals surface area (Å²) in [6.07, 6.45) is 7.08. The summed E-state index contributed by atoms with van der Waals surface area (Å²) in [5.41, 5.74) is 5.75. The zero-order chi connectivity index (χ0) is 15.2. The molecule has 7 nitrogen and oxygen atoms in total. The molecule has 1 fully saturated rings. The maximum Gasteiger partial charge on any atom is 0.356 e. The molecule has 0 aliphatic heterocycles. The van der Waals surface area contributed by atoms with E-state index < -0.39 is 5.97 Å². The number of aromatic nitrogens is 2. The number of carbonyl (C=O) groups excluding carboxylic acids is 1. The van der Waals surface area contributed by atoms with Crippen molar-refractivity contribution in [3.05, 3.63) is 18.2 Å². The highest BCUT2D eigenvalue weighted by molar-refractivity contribution is 5.84. The van der Waals surface area contributed by atoms with E-state index in [9.17, 15) is 9.59 Å². The number of nitrogens with zero attached hydrogens (tertiary/aromatic N) is 2. The van der Waals surface area contributed by atoms with E-state index in [1.807, 2.05) is 0 Å². The van der Waals surface area contributed by atoms with Crippen molar-refractivity contribution in [1.29, 1.82) is 0 Å². The highest BCUT2D eigenvalue weighted by atomic mass is 16.4. The Hall–Kier alpha value is -1.89. The zero-order valence-corrected chi connectivity index (χ0v) is 12.0. The number of carboxylic acids is 1. The van der Waals surface area contributed by atoms with Crippen molar-refractivity contribution >= 4 is 11.9 Å². The summed E-state index contributed by atoms with van der Waals surface area (Å²) >= 11 is 0. The number of carbonyl (C=O) groups is 2. The third kappa shape index (κ3) is 4.04. The Balaban J connectivity index is 1.79. The predicted octanol–water partition coefficient (Wildman–Crippen LogP) is 0.463. The Kier molecular flexibility index (Phi) is 5.32. The molecule has 2 unspecified atom stereocenters. The summed E-state index contributed by atoms with van der Waals surface area (Å²) in [4.78, 5) is 26.7. The van der Waals surface area contributed by atoms with E-state index in [0.29, 0.717) is 19.6 Å². The third-order valence-corrected chi connectivity index (χ3v) is 4.07. The Morgan fingerprint density at radius 2 is 2.19 bits per heavy atom. The maximum absolute atomic E-state index is 12.2. The molecule has 1 saturated carbocycles. The first-order valence-electron chi connectivity index (χ1n) is 7.34. The number of nitrogens with one attached hydrogen (secondary N) is 1. The van der Waals surface area contributed by atoms with Gasteiger partial charge in [0.05, 0.1) is 6.33 Å². The van der Waals surface area contributed by atoms with Gasteiger partial charge in [0.15, 0.2) is 5.69 Å². The number of nitrogens with two attached hydrogens (primary N) is 1. The van der Waals surface area contributed by atoms with Gasteiger partial charge in [-0.25, -0.2) is 9.78 Å². The van der Waals surface area contributed by atoms with Crippen LogP contribution in [0, 0.1) is 11.8 Å². The molecule has 1 aliphatic carbocycles. The molecule has 0 bridgehead atoms. The van der Waals surface area contributed by atoms with Crippen LogP contribution in [0.5, 0.6) is 0 Å². The summed E-state index contributed by atoms with van der Waals surface area (Å²) in [5.74, 6) is -0.693. The number of aromatic carboxylic acids is 1. The SMILES string of the molecule is NCC1CCCCC1C(=O)NCCn1cnc(C(=O)O)c1. The topological polar surface area (TPSA) is 110 Å². The second-order valence-corrected chi connectivity index (χ2v) is 5.48. The molecule has 116 valence electrons. The fourth-order valence-corrected chi connectivity index (χ4v) is 2.87. The van der Waals surface area contributed by atoms with Crippen LogP contribution in [-0.4, -0.2) is 39.6 Å². The van der Waals surface area contributed by atoms with E-state index in [1.165, 1.54) is 12.5 Å². The van der Waals surface area contributed by atoms with Crippen molar-refractivity contribution in [3.8, 4) is 0 Å². The molecule has 2 rings (SSSR count). The molecule has 1 amide bonds. The number of imidazole rings is 1. The zero-order valence-electron chi connectivity index (χ0n) is 12.0. The van der Waals surface area contributed by atoms with Gasteiger partial charge in [-0.3, -0.25) is 4.79 Å². The molecule has 0 spiro atoms. The van der Waals surface area contributed by atoms with E-state index in [1.54, 1.807) is 4.57 Å².